The van der Waals surface area contributed by atoms with Gasteiger partial charge in [0.15, 0.2) is 0 Å². The molecule has 1 N–H and O–H groups in total. The van der Waals surface area contributed by atoms with Crippen LogP contribution in [0.2, 0.25) is 0 Å². The molecule has 6 heteroatoms. The van der Waals surface area contributed by atoms with E-state index in [9.17, 15) is 9.59 Å². The summed E-state index contributed by atoms with van der Waals surface area (Å²) >= 11 is 0. The maximum atomic E-state index is 12.8. The highest BCUT2D eigenvalue weighted by Crippen LogP contribution is 2.21. The molecule has 2 aromatic carbocycles. The van der Waals surface area contributed by atoms with Crippen LogP contribution in [0.3, 0.4) is 0 Å². The van der Waals surface area contributed by atoms with Crippen molar-refractivity contribution in [1.82, 2.24) is 20.1 Å². The molecule has 0 unspecified atom stereocenters. The number of hydrogen-bond donors (Lipinski definition) is 1. The van der Waals surface area contributed by atoms with Crippen molar-refractivity contribution in [3.05, 3.63) is 107 Å². The molecule has 0 radical (unpaired) electrons. The van der Waals surface area contributed by atoms with Crippen molar-refractivity contribution in [2.75, 3.05) is 0 Å². The van der Waals surface area contributed by atoms with Gasteiger partial charge in [0.25, 0.3) is 0 Å². The number of fused-ring (bicyclic) bond motifs is 1. The number of nitrogens with one attached hydrogen (secondary N) is 1. The van der Waals surface area contributed by atoms with Crippen LogP contribution >= 0.6 is 0 Å². The summed E-state index contributed by atoms with van der Waals surface area (Å²) < 4.78 is 1.54. The van der Waals surface area contributed by atoms with E-state index >= 15 is 0 Å². The van der Waals surface area contributed by atoms with Gasteiger partial charge in [0, 0.05) is 17.8 Å². The van der Waals surface area contributed by atoms with Crippen LogP contribution in [0.5, 0.6) is 0 Å². The SMILES string of the molecule is O=C(Cn1ncc(=O)c2ccccc21)N[C@@H](c1ccccc1)c1ccncc1. The van der Waals surface area contributed by atoms with Crippen molar-refractivity contribution in [3.8, 4) is 0 Å². The van der Waals surface area contributed by atoms with Crippen molar-refractivity contribution in [2.45, 2.75) is 12.6 Å². The normalized spacial score (nSPS) is 11.9. The number of carbonyl (C=O) groups excluding carboxylic acids is 1. The first kappa shape index (κ1) is 17.6. The van der Waals surface area contributed by atoms with Crippen LogP contribution in [0.15, 0.2) is 90.1 Å². The van der Waals surface area contributed by atoms with Gasteiger partial charge in [0.05, 0.1) is 17.8 Å². The quantitative estimate of drug-likeness (QED) is 0.586. The minimum Gasteiger partial charge on any atom is -0.344 e. The smallest absolute Gasteiger partial charge is 0.242 e. The fourth-order valence-corrected chi connectivity index (χ4v) is 3.19. The largest absolute Gasteiger partial charge is 0.344 e. The van der Waals surface area contributed by atoms with Gasteiger partial charge in [0.1, 0.15) is 6.54 Å². The zero-order valence-electron chi connectivity index (χ0n) is 15.0. The lowest BCUT2D eigenvalue weighted by atomic mass is 10.00. The molecule has 0 spiro atoms. The molecular weight excluding hydrogens is 352 g/mol. The van der Waals surface area contributed by atoms with E-state index in [0.29, 0.717) is 10.9 Å². The average Bonchev–Trinajstić information content (AvgIpc) is 2.75. The number of amides is 1. The number of para-hydroxylation sites is 1. The summed E-state index contributed by atoms with van der Waals surface area (Å²) in [4.78, 5) is 28.9. The van der Waals surface area contributed by atoms with E-state index in [1.165, 1.54) is 6.20 Å². The summed E-state index contributed by atoms with van der Waals surface area (Å²) in [6, 6.07) is 20.3. The van der Waals surface area contributed by atoms with E-state index in [-0.39, 0.29) is 23.9 Å². The molecule has 4 aromatic rings. The van der Waals surface area contributed by atoms with Crippen LogP contribution in [0.25, 0.3) is 10.9 Å². The second-order valence-corrected chi connectivity index (χ2v) is 6.38. The molecule has 2 aromatic heterocycles. The van der Waals surface area contributed by atoms with Crippen LogP contribution in [-0.2, 0) is 11.3 Å². The Hall–Kier alpha value is -3.80. The third-order valence-corrected chi connectivity index (χ3v) is 4.53. The van der Waals surface area contributed by atoms with E-state index in [2.05, 4.69) is 15.4 Å². The minimum atomic E-state index is -0.303. The first-order valence-electron chi connectivity index (χ1n) is 8.91. The van der Waals surface area contributed by atoms with Gasteiger partial charge in [-0.3, -0.25) is 19.3 Å². The molecule has 0 aliphatic carbocycles. The van der Waals surface area contributed by atoms with Crippen LogP contribution < -0.4 is 10.7 Å². The lowest BCUT2D eigenvalue weighted by molar-refractivity contribution is -0.122. The third-order valence-electron chi connectivity index (χ3n) is 4.53. The number of aromatic nitrogens is 3. The summed E-state index contributed by atoms with van der Waals surface area (Å²) in [5.41, 5.74) is 2.38. The van der Waals surface area contributed by atoms with Crippen LogP contribution in [0.1, 0.15) is 17.2 Å². The van der Waals surface area contributed by atoms with Crippen molar-refractivity contribution < 1.29 is 4.79 Å². The van der Waals surface area contributed by atoms with Crippen LogP contribution in [0, 0.1) is 0 Å². The minimum absolute atomic E-state index is 0.00914. The Balaban J connectivity index is 1.63. The van der Waals surface area contributed by atoms with Gasteiger partial charge in [0.2, 0.25) is 11.3 Å². The van der Waals surface area contributed by atoms with Gasteiger partial charge in [-0.25, -0.2) is 0 Å². The molecule has 1 atom stereocenters. The molecule has 0 aliphatic heterocycles. The van der Waals surface area contributed by atoms with Crippen LogP contribution in [0.4, 0.5) is 0 Å². The molecule has 6 nitrogen and oxygen atoms in total. The van der Waals surface area contributed by atoms with E-state index in [4.69, 9.17) is 0 Å². The Morgan fingerprint density at radius 1 is 0.929 bits per heavy atom. The summed E-state index contributed by atoms with van der Waals surface area (Å²) in [5.74, 6) is -0.202. The number of carbonyl (C=O) groups is 1. The van der Waals surface area contributed by atoms with Crippen molar-refractivity contribution in [2.24, 2.45) is 0 Å². The first-order chi connectivity index (χ1) is 13.7. The number of nitrogens with zero attached hydrogens (tertiary/aromatic N) is 3. The number of benzene rings is 2. The van der Waals surface area contributed by atoms with Gasteiger partial charge >= 0.3 is 0 Å². The molecule has 4 rings (SSSR count). The Bertz CT molecular complexity index is 1120. The van der Waals surface area contributed by atoms with Gasteiger partial charge in [-0.15, -0.1) is 0 Å². The maximum Gasteiger partial charge on any atom is 0.242 e. The molecule has 28 heavy (non-hydrogen) atoms. The zero-order valence-corrected chi connectivity index (χ0v) is 15.0. The van der Waals surface area contributed by atoms with Crippen LogP contribution in [-0.4, -0.2) is 20.7 Å². The summed E-state index contributed by atoms with van der Waals surface area (Å²) in [7, 11) is 0. The Labute approximate surface area is 161 Å². The zero-order chi connectivity index (χ0) is 19.3. The van der Waals surface area contributed by atoms with Gasteiger partial charge in [-0.05, 0) is 35.4 Å². The standard InChI is InChI=1S/C22H18N4O2/c27-20-14-24-26(19-9-5-4-8-18(19)20)15-21(28)25-22(16-6-2-1-3-7-16)17-10-12-23-13-11-17/h1-14,22H,15H2,(H,25,28)/t22-/m0/s1. The third kappa shape index (κ3) is 3.66. The van der Waals surface area contributed by atoms with Gasteiger partial charge in [-0.1, -0.05) is 42.5 Å². The Morgan fingerprint density at radius 3 is 2.39 bits per heavy atom. The second kappa shape index (κ2) is 7.84. The van der Waals surface area contributed by atoms with E-state index < -0.39 is 0 Å². The van der Waals surface area contributed by atoms with Crippen molar-refractivity contribution in [3.63, 3.8) is 0 Å². The molecule has 0 saturated carbocycles. The van der Waals surface area contributed by atoms with Gasteiger partial charge in [-0.2, -0.15) is 5.10 Å². The molecular formula is C22H18N4O2. The van der Waals surface area contributed by atoms with Crippen molar-refractivity contribution in [1.29, 1.82) is 0 Å². The Morgan fingerprint density at radius 2 is 1.61 bits per heavy atom. The summed E-state index contributed by atoms with van der Waals surface area (Å²) in [6.07, 6.45) is 4.65. The summed E-state index contributed by atoms with van der Waals surface area (Å²) in [5, 5.41) is 7.75. The predicted octanol–water partition coefficient (Wildman–Crippen LogP) is 2.70. The lowest BCUT2D eigenvalue weighted by Gasteiger charge is -2.20. The van der Waals surface area contributed by atoms with E-state index in [1.54, 1.807) is 35.3 Å². The fraction of sp³-hybridized carbons (Fsp3) is 0.0909. The average molecular weight is 370 g/mol. The highest BCUT2D eigenvalue weighted by atomic mass is 16.2. The monoisotopic (exact) mass is 370 g/mol. The highest BCUT2D eigenvalue weighted by molar-refractivity contribution is 5.81. The number of rotatable bonds is 5. The highest BCUT2D eigenvalue weighted by Gasteiger charge is 2.17. The molecule has 1 amide bonds. The van der Waals surface area contributed by atoms with Crippen molar-refractivity contribution >= 4 is 16.8 Å². The molecule has 0 bridgehead atoms. The lowest BCUT2D eigenvalue weighted by Crippen LogP contribution is -2.33. The molecule has 0 fully saturated rings. The molecule has 2 heterocycles. The summed E-state index contributed by atoms with van der Waals surface area (Å²) in [6.45, 7) is 0.00914. The first-order valence-corrected chi connectivity index (χ1v) is 8.91. The fourth-order valence-electron chi connectivity index (χ4n) is 3.19. The van der Waals surface area contributed by atoms with E-state index in [1.807, 2.05) is 48.5 Å². The van der Waals surface area contributed by atoms with Gasteiger partial charge < -0.3 is 5.32 Å². The molecule has 0 aliphatic rings. The van der Waals surface area contributed by atoms with E-state index in [0.717, 1.165) is 11.1 Å². The second-order valence-electron chi connectivity index (χ2n) is 6.38. The topological polar surface area (TPSA) is 76.9 Å². The molecule has 138 valence electrons. The maximum absolute atomic E-state index is 12.8. The molecule has 0 saturated heterocycles. The predicted molar refractivity (Wildman–Crippen MR) is 107 cm³/mol. The Kier molecular flexibility index (Phi) is 4.93. The number of pyridine rings is 1. The number of hydrogen-bond acceptors (Lipinski definition) is 4.